The second-order valence-electron chi connectivity index (χ2n) is 7.32. The molecule has 0 spiro atoms. The minimum absolute atomic E-state index is 0.202. The fraction of sp³-hybridized carbons (Fsp3) is 0.320. The molecule has 0 bridgehead atoms. The third-order valence-corrected chi connectivity index (χ3v) is 5.23. The van der Waals surface area contributed by atoms with Crippen molar-refractivity contribution in [2.75, 3.05) is 6.61 Å². The topological polar surface area (TPSA) is 78.6 Å². The van der Waals surface area contributed by atoms with Crippen LogP contribution in [0.2, 0.25) is 0 Å². The van der Waals surface area contributed by atoms with Gasteiger partial charge in [-0.25, -0.2) is 4.79 Å². The number of hydrogen-bond acceptors (Lipinski definition) is 6. The number of rotatable bonds is 9. The molecule has 0 fully saturated rings. The van der Waals surface area contributed by atoms with E-state index in [0.717, 1.165) is 35.2 Å². The number of aryl methyl sites for hydroxylation is 4. The first-order chi connectivity index (χ1) is 14.9. The average Bonchev–Trinajstić information content (AvgIpc) is 3.12. The molecule has 1 aromatic heterocycles. The van der Waals surface area contributed by atoms with Crippen molar-refractivity contribution >= 4 is 11.8 Å². The highest BCUT2D eigenvalue weighted by atomic mass is 16.5. The van der Waals surface area contributed by atoms with Gasteiger partial charge in [-0.05, 0) is 62.1 Å². The van der Waals surface area contributed by atoms with Crippen LogP contribution < -0.4 is 4.74 Å². The summed E-state index contributed by atoms with van der Waals surface area (Å²) in [5, 5.41) is 3.90. The Bertz CT molecular complexity index is 1060. The first kappa shape index (κ1) is 22.3. The molecule has 0 amide bonds. The number of carbonyl (C=O) groups excluding carboxylic acids is 2. The fourth-order valence-corrected chi connectivity index (χ4v) is 3.28. The largest absolute Gasteiger partial charge is 0.489 e. The molecule has 0 unspecified atom stereocenters. The van der Waals surface area contributed by atoms with Crippen LogP contribution in [0.3, 0.4) is 0 Å². The summed E-state index contributed by atoms with van der Waals surface area (Å²) in [6, 6.07) is 12.6. The minimum atomic E-state index is -0.569. The van der Waals surface area contributed by atoms with Crippen LogP contribution in [-0.4, -0.2) is 23.5 Å². The quantitative estimate of drug-likeness (QED) is 0.356. The van der Waals surface area contributed by atoms with Crippen molar-refractivity contribution in [3.63, 3.8) is 0 Å². The predicted octanol–water partition coefficient (Wildman–Crippen LogP) is 5.03. The molecule has 0 saturated heterocycles. The van der Waals surface area contributed by atoms with E-state index in [-0.39, 0.29) is 19.0 Å². The highest BCUT2D eigenvalue weighted by Crippen LogP contribution is 2.19. The van der Waals surface area contributed by atoms with E-state index in [1.807, 2.05) is 45.9 Å². The molecule has 6 heteroatoms. The van der Waals surface area contributed by atoms with E-state index in [1.54, 1.807) is 24.3 Å². The number of ketones is 1. The van der Waals surface area contributed by atoms with E-state index in [9.17, 15) is 9.59 Å². The lowest BCUT2D eigenvalue weighted by atomic mass is 9.98. The number of nitrogens with zero attached hydrogens (tertiary/aromatic N) is 1. The zero-order valence-electron chi connectivity index (χ0n) is 18.4. The van der Waals surface area contributed by atoms with Crippen LogP contribution >= 0.6 is 0 Å². The molecule has 6 nitrogen and oxygen atoms in total. The standard InChI is InChI=1S/C25H27NO5/c1-5-18-10-11-19(6-2)22(12-18)24(27)15-30-25(28)20-8-7-9-21(13-20)29-14-23-16(3)26-31-17(23)4/h7-13H,5-6,14-15H2,1-4H3. The molecule has 162 valence electrons. The summed E-state index contributed by atoms with van der Waals surface area (Å²) in [5.41, 5.74) is 4.61. The Kier molecular flexibility index (Phi) is 7.23. The summed E-state index contributed by atoms with van der Waals surface area (Å²) in [6.45, 7) is 7.69. The molecule has 0 aliphatic rings. The van der Waals surface area contributed by atoms with Crippen LogP contribution in [0.1, 0.15) is 62.7 Å². The molecule has 0 N–H and O–H groups in total. The van der Waals surface area contributed by atoms with E-state index in [4.69, 9.17) is 14.0 Å². The number of carbonyl (C=O) groups is 2. The highest BCUT2D eigenvalue weighted by Gasteiger charge is 2.16. The third kappa shape index (κ3) is 5.40. The zero-order valence-corrected chi connectivity index (χ0v) is 18.4. The average molecular weight is 421 g/mol. The summed E-state index contributed by atoms with van der Waals surface area (Å²) < 4.78 is 16.2. The van der Waals surface area contributed by atoms with Crippen LogP contribution in [-0.2, 0) is 24.2 Å². The van der Waals surface area contributed by atoms with Crippen molar-refractivity contribution in [3.8, 4) is 5.75 Å². The van der Waals surface area contributed by atoms with Gasteiger partial charge in [0.2, 0.25) is 5.78 Å². The SMILES string of the molecule is CCc1ccc(CC)c(C(=O)COC(=O)c2cccc(OCc3c(C)noc3C)c2)c1. The van der Waals surface area contributed by atoms with E-state index in [0.29, 0.717) is 22.6 Å². The number of hydrogen-bond donors (Lipinski definition) is 0. The smallest absolute Gasteiger partial charge is 0.338 e. The predicted molar refractivity (Wildman–Crippen MR) is 117 cm³/mol. The molecule has 1 heterocycles. The Labute approximate surface area is 182 Å². The lowest BCUT2D eigenvalue weighted by Gasteiger charge is -2.10. The van der Waals surface area contributed by atoms with Crippen molar-refractivity contribution in [1.29, 1.82) is 0 Å². The number of aromatic nitrogens is 1. The monoisotopic (exact) mass is 421 g/mol. The van der Waals surface area contributed by atoms with Gasteiger partial charge in [-0.1, -0.05) is 37.2 Å². The third-order valence-electron chi connectivity index (χ3n) is 5.23. The van der Waals surface area contributed by atoms with E-state index >= 15 is 0 Å². The van der Waals surface area contributed by atoms with Gasteiger partial charge in [0.05, 0.1) is 16.8 Å². The highest BCUT2D eigenvalue weighted by molar-refractivity contribution is 6.00. The fourth-order valence-electron chi connectivity index (χ4n) is 3.28. The molecular weight excluding hydrogens is 394 g/mol. The molecule has 3 aromatic rings. The Balaban J connectivity index is 1.63. The maximum atomic E-state index is 12.7. The molecule has 0 atom stereocenters. The zero-order chi connectivity index (χ0) is 22.4. The van der Waals surface area contributed by atoms with Gasteiger partial charge >= 0.3 is 5.97 Å². The Morgan fingerprint density at radius 2 is 1.84 bits per heavy atom. The summed E-state index contributed by atoms with van der Waals surface area (Å²) in [7, 11) is 0. The molecule has 0 aliphatic heterocycles. The van der Waals surface area contributed by atoms with Crippen molar-refractivity contribution in [1.82, 2.24) is 5.16 Å². The van der Waals surface area contributed by atoms with Crippen LogP contribution in [0.15, 0.2) is 47.0 Å². The number of esters is 1. The lowest BCUT2D eigenvalue weighted by molar-refractivity contribution is 0.0474. The second-order valence-corrected chi connectivity index (χ2v) is 7.32. The molecule has 0 aliphatic carbocycles. The molecule has 0 radical (unpaired) electrons. The van der Waals surface area contributed by atoms with E-state index in [2.05, 4.69) is 5.16 Å². The van der Waals surface area contributed by atoms with Gasteiger partial charge in [-0.2, -0.15) is 0 Å². The Morgan fingerprint density at radius 3 is 2.52 bits per heavy atom. The van der Waals surface area contributed by atoms with E-state index < -0.39 is 5.97 Å². The van der Waals surface area contributed by atoms with Gasteiger partial charge < -0.3 is 14.0 Å². The van der Waals surface area contributed by atoms with Crippen molar-refractivity contribution in [3.05, 3.63) is 81.7 Å². The first-order valence-corrected chi connectivity index (χ1v) is 10.4. The van der Waals surface area contributed by atoms with Gasteiger partial charge in [0.15, 0.2) is 6.61 Å². The van der Waals surface area contributed by atoms with Crippen LogP contribution in [0.4, 0.5) is 0 Å². The maximum absolute atomic E-state index is 12.7. The van der Waals surface area contributed by atoms with Gasteiger partial charge in [0, 0.05) is 5.56 Å². The minimum Gasteiger partial charge on any atom is -0.489 e. The van der Waals surface area contributed by atoms with Gasteiger partial charge in [-0.15, -0.1) is 0 Å². The Hall–Kier alpha value is -3.41. The van der Waals surface area contributed by atoms with Gasteiger partial charge in [0.1, 0.15) is 18.1 Å². The summed E-state index contributed by atoms with van der Waals surface area (Å²) in [6.07, 6.45) is 1.58. The van der Waals surface area contributed by atoms with Crippen molar-refractivity contribution in [2.45, 2.75) is 47.1 Å². The molecule has 3 rings (SSSR count). The molecular formula is C25H27NO5. The summed E-state index contributed by atoms with van der Waals surface area (Å²) in [5.74, 6) is 0.446. The lowest BCUT2D eigenvalue weighted by Crippen LogP contribution is -2.16. The van der Waals surface area contributed by atoms with E-state index in [1.165, 1.54) is 0 Å². The summed E-state index contributed by atoms with van der Waals surface area (Å²) in [4.78, 5) is 25.2. The van der Waals surface area contributed by atoms with Crippen LogP contribution in [0.25, 0.3) is 0 Å². The normalized spacial score (nSPS) is 10.7. The van der Waals surface area contributed by atoms with Crippen molar-refractivity contribution < 1.29 is 23.6 Å². The molecule has 2 aromatic carbocycles. The number of ether oxygens (including phenoxy) is 2. The molecule has 31 heavy (non-hydrogen) atoms. The van der Waals surface area contributed by atoms with Crippen LogP contribution in [0, 0.1) is 13.8 Å². The molecule has 0 saturated carbocycles. The van der Waals surface area contributed by atoms with Crippen molar-refractivity contribution in [2.24, 2.45) is 0 Å². The first-order valence-electron chi connectivity index (χ1n) is 10.4. The maximum Gasteiger partial charge on any atom is 0.338 e. The summed E-state index contributed by atoms with van der Waals surface area (Å²) >= 11 is 0. The number of Topliss-reactive ketones (excluding diaryl/α,β-unsaturated/α-hetero) is 1. The Morgan fingerprint density at radius 1 is 1.03 bits per heavy atom. The van der Waals surface area contributed by atoms with Gasteiger partial charge in [-0.3, -0.25) is 4.79 Å². The van der Waals surface area contributed by atoms with Crippen LogP contribution in [0.5, 0.6) is 5.75 Å². The number of benzene rings is 2. The van der Waals surface area contributed by atoms with Gasteiger partial charge in [0.25, 0.3) is 0 Å². The second kappa shape index (κ2) is 10.1.